The number of hydrogen-bond donors (Lipinski definition) is 0. The molecular formula is C35H19N3. The number of aromatic nitrogens is 1. The summed E-state index contributed by atoms with van der Waals surface area (Å²) < 4.78 is 2.39. The Labute approximate surface area is 219 Å². The number of nitrogens with zero attached hydrogens (tertiary/aromatic N) is 3. The van der Waals surface area contributed by atoms with E-state index in [0.717, 1.165) is 44.6 Å². The number of nitriles is 2. The van der Waals surface area contributed by atoms with E-state index >= 15 is 0 Å². The van der Waals surface area contributed by atoms with Crippen LogP contribution in [0.15, 0.2) is 103 Å². The topological polar surface area (TPSA) is 52.5 Å². The Kier molecular flexibility index (Phi) is 4.00. The minimum Gasteiger partial charge on any atom is -0.309 e. The lowest BCUT2D eigenvalue weighted by Gasteiger charge is -2.42. The van der Waals surface area contributed by atoms with Crippen molar-refractivity contribution in [1.29, 1.82) is 10.5 Å². The van der Waals surface area contributed by atoms with Crippen molar-refractivity contribution >= 4 is 34.0 Å². The molecule has 1 spiro atoms. The van der Waals surface area contributed by atoms with Crippen molar-refractivity contribution in [2.75, 3.05) is 0 Å². The summed E-state index contributed by atoms with van der Waals surface area (Å²) in [5.74, 6) is 0. The molecule has 0 N–H and O–H groups in total. The summed E-state index contributed by atoms with van der Waals surface area (Å²) in [6.07, 6.45) is 4.28. The van der Waals surface area contributed by atoms with Gasteiger partial charge in [0.05, 0.1) is 45.4 Å². The summed E-state index contributed by atoms with van der Waals surface area (Å²) in [7, 11) is 0. The molecule has 0 fully saturated rings. The van der Waals surface area contributed by atoms with Crippen molar-refractivity contribution in [3.63, 3.8) is 0 Å². The molecule has 6 aromatic rings. The van der Waals surface area contributed by atoms with Crippen molar-refractivity contribution in [2.45, 2.75) is 5.41 Å². The first-order chi connectivity index (χ1) is 18.8. The Morgan fingerprint density at radius 2 is 1.16 bits per heavy atom. The number of para-hydroxylation sites is 3. The monoisotopic (exact) mass is 481 g/mol. The number of fused-ring (bicyclic) bond motifs is 11. The van der Waals surface area contributed by atoms with Crippen molar-refractivity contribution < 1.29 is 0 Å². The molecule has 0 atom stereocenters. The summed E-state index contributed by atoms with van der Waals surface area (Å²) in [4.78, 5) is 0. The predicted octanol–water partition coefficient (Wildman–Crippen LogP) is 7.71. The van der Waals surface area contributed by atoms with E-state index in [2.05, 4.69) is 108 Å². The van der Waals surface area contributed by atoms with Crippen LogP contribution in [0.4, 0.5) is 0 Å². The van der Waals surface area contributed by atoms with Crippen molar-refractivity contribution in [3.05, 3.63) is 148 Å². The van der Waals surface area contributed by atoms with Gasteiger partial charge in [-0.25, -0.2) is 0 Å². The second kappa shape index (κ2) is 7.32. The van der Waals surface area contributed by atoms with Gasteiger partial charge in [-0.2, -0.15) is 10.5 Å². The zero-order valence-corrected chi connectivity index (χ0v) is 20.3. The van der Waals surface area contributed by atoms with Gasteiger partial charge in [0.15, 0.2) is 0 Å². The molecule has 3 nitrogen and oxygen atoms in total. The molecule has 38 heavy (non-hydrogen) atoms. The van der Waals surface area contributed by atoms with Gasteiger partial charge in [0, 0.05) is 10.8 Å². The predicted molar refractivity (Wildman–Crippen MR) is 151 cm³/mol. The SMILES string of the molecule is N#Cc1ccc2c(c1)C1(c3cc(C#N)ccc3C=C2)c2ccccc2-n2c3ccccc3c3cccc1c32. The Morgan fingerprint density at radius 3 is 1.87 bits per heavy atom. The first kappa shape index (κ1) is 20.8. The lowest BCUT2D eigenvalue weighted by Crippen LogP contribution is -2.36. The van der Waals surface area contributed by atoms with Crippen LogP contribution in [0.25, 0.3) is 39.6 Å². The molecule has 0 saturated heterocycles. The maximum atomic E-state index is 9.96. The van der Waals surface area contributed by atoms with Crippen LogP contribution in [-0.4, -0.2) is 4.57 Å². The van der Waals surface area contributed by atoms with Gasteiger partial charge in [-0.05, 0) is 69.8 Å². The van der Waals surface area contributed by atoms with Crippen LogP contribution in [0.5, 0.6) is 0 Å². The average molecular weight is 482 g/mol. The molecule has 8 rings (SSSR count). The summed E-state index contributed by atoms with van der Waals surface area (Å²) in [5, 5.41) is 22.3. The molecule has 0 radical (unpaired) electrons. The van der Waals surface area contributed by atoms with Crippen LogP contribution < -0.4 is 0 Å². The Hall–Kier alpha value is -5.38. The Bertz CT molecular complexity index is 2040. The van der Waals surface area contributed by atoms with Gasteiger partial charge in [-0.3, -0.25) is 0 Å². The lowest BCUT2D eigenvalue weighted by atomic mass is 9.61. The van der Waals surface area contributed by atoms with E-state index in [4.69, 9.17) is 0 Å². The Balaban J connectivity index is 1.70. The van der Waals surface area contributed by atoms with Crippen LogP contribution in [0.3, 0.4) is 0 Å². The average Bonchev–Trinajstić information content (AvgIpc) is 3.25. The molecule has 1 aliphatic carbocycles. The molecule has 0 bridgehead atoms. The van der Waals surface area contributed by atoms with Crippen molar-refractivity contribution in [1.82, 2.24) is 4.57 Å². The highest BCUT2D eigenvalue weighted by molar-refractivity contribution is 6.12. The third-order valence-electron chi connectivity index (χ3n) is 8.26. The normalized spacial score (nSPS) is 13.8. The molecule has 0 unspecified atom stereocenters. The molecule has 1 aliphatic heterocycles. The smallest absolute Gasteiger partial charge is 0.0991 e. The maximum absolute atomic E-state index is 9.96. The number of benzene rings is 5. The third kappa shape index (κ3) is 2.41. The van der Waals surface area contributed by atoms with Crippen molar-refractivity contribution in [3.8, 4) is 17.8 Å². The highest BCUT2D eigenvalue weighted by atomic mass is 15.0. The first-order valence-corrected chi connectivity index (χ1v) is 12.7. The van der Waals surface area contributed by atoms with Crippen molar-refractivity contribution in [2.24, 2.45) is 0 Å². The molecule has 1 aromatic heterocycles. The summed E-state index contributed by atoms with van der Waals surface area (Å²) in [6.45, 7) is 0. The van der Waals surface area contributed by atoms with E-state index < -0.39 is 5.41 Å². The van der Waals surface area contributed by atoms with Crippen LogP contribution in [-0.2, 0) is 5.41 Å². The van der Waals surface area contributed by atoms with Crippen LogP contribution in [0.2, 0.25) is 0 Å². The van der Waals surface area contributed by atoms with Gasteiger partial charge in [-0.15, -0.1) is 0 Å². The Morgan fingerprint density at radius 1 is 0.553 bits per heavy atom. The van der Waals surface area contributed by atoms with Gasteiger partial charge in [0.25, 0.3) is 0 Å². The maximum Gasteiger partial charge on any atom is 0.0991 e. The summed E-state index contributed by atoms with van der Waals surface area (Å²) >= 11 is 0. The molecule has 2 aliphatic rings. The molecule has 3 heteroatoms. The molecule has 2 heterocycles. The van der Waals surface area contributed by atoms with Gasteiger partial charge >= 0.3 is 0 Å². The molecule has 0 saturated carbocycles. The second-order valence-corrected chi connectivity index (χ2v) is 9.98. The van der Waals surface area contributed by atoms with Gasteiger partial charge in [-0.1, -0.05) is 78.9 Å². The first-order valence-electron chi connectivity index (χ1n) is 12.7. The standard InChI is InChI=1S/C35H19N3/c36-20-22-12-14-24-16-17-25-15-13-23(21-37)19-31(25)35(30(24)18-22)28-8-2-4-11-33(28)38-32-10-3-1-6-26(32)27-7-5-9-29(35)34(27)38/h1-19H. The minimum atomic E-state index is -0.728. The molecular weight excluding hydrogens is 462 g/mol. The van der Waals surface area contributed by atoms with Gasteiger partial charge in [0.2, 0.25) is 0 Å². The fourth-order valence-electron chi connectivity index (χ4n) is 6.80. The van der Waals surface area contributed by atoms with E-state index in [1.54, 1.807) is 0 Å². The quantitative estimate of drug-likeness (QED) is 0.223. The summed E-state index contributed by atoms with van der Waals surface area (Å²) in [5.41, 5.74) is 10.5. The van der Waals surface area contributed by atoms with Gasteiger partial charge in [0.1, 0.15) is 0 Å². The van der Waals surface area contributed by atoms with E-state index in [9.17, 15) is 10.5 Å². The van der Waals surface area contributed by atoms with Crippen LogP contribution >= 0.6 is 0 Å². The zero-order valence-electron chi connectivity index (χ0n) is 20.3. The highest BCUT2D eigenvalue weighted by Gasteiger charge is 2.47. The number of hydrogen-bond acceptors (Lipinski definition) is 2. The molecule has 174 valence electrons. The minimum absolute atomic E-state index is 0.618. The van der Waals surface area contributed by atoms with E-state index in [0.29, 0.717) is 11.1 Å². The zero-order chi connectivity index (χ0) is 25.4. The largest absolute Gasteiger partial charge is 0.309 e. The van der Waals surface area contributed by atoms with E-state index in [1.807, 2.05) is 24.3 Å². The molecule has 0 amide bonds. The van der Waals surface area contributed by atoms with Gasteiger partial charge < -0.3 is 4.57 Å². The fourth-order valence-corrected chi connectivity index (χ4v) is 6.80. The van der Waals surface area contributed by atoms with E-state index in [1.165, 1.54) is 16.3 Å². The third-order valence-corrected chi connectivity index (χ3v) is 8.26. The summed E-state index contributed by atoms with van der Waals surface area (Å²) in [6, 6.07) is 40.4. The van der Waals surface area contributed by atoms with Crippen LogP contribution in [0.1, 0.15) is 44.5 Å². The second-order valence-electron chi connectivity index (χ2n) is 9.98. The van der Waals surface area contributed by atoms with Crippen LogP contribution in [0, 0.1) is 22.7 Å². The molecule has 5 aromatic carbocycles. The highest BCUT2D eigenvalue weighted by Crippen LogP contribution is 2.56. The lowest BCUT2D eigenvalue weighted by molar-refractivity contribution is 0.725. The van der Waals surface area contributed by atoms with E-state index in [-0.39, 0.29) is 0 Å². The fraction of sp³-hybridized carbons (Fsp3) is 0.0286. The number of rotatable bonds is 0.